The van der Waals surface area contributed by atoms with E-state index in [2.05, 4.69) is 44.3 Å². The molecule has 0 aliphatic rings. The molecule has 0 aliphatic heterocycles. The number of hydrogen-bond acceptors (Lipinski definition) is 3. The highest BCUT2D eigenvalue weighted by molar-refractivity contribution is 7.11. The molecule has 1 heterocycles. The summed E-state index contributed by atoms with van der Waals surface area (Å²) < 4.78 is 0. The molecule has 0 unspecified atom stereocenters. The SMILES string of the molecule is CCc1ccc(CNCC(C)(C)CCC#N)s1. The first-order valence-corrected chi connectivity index (χ1v) is 7.04. The summed E-state index contributed by atoms with van der Waals surface area (Å²) in [6, 6.07) is 6.64. The first-order valence-electron chi connectivity index (χ1n) is 6.22. The van der Waals surface area contributed by atoms with Crippen molar-refractivity contribution in [3.8, 4) is 6.07 Å². The van der Waals surface area contributed by atoms with Crippen molar-refractivity contribution in [3.05, 3.63) is 21.9 Å². The summed E-state index contributed by atoms with van der Waals surface area (Å²) in [6.45, 7) is 8.52. The second-order valence-corrected chi connectivity index (χ2v) is 6.40. The van der Waals surface area contributed by atoms with E-state index >= 15 is 0 Å². The van der Waals surface area contributed by atoms with E-state index < -0.39 is 0 Å². The molecule has 2 nitrogen and oxygen atoms in total. The Bertz CT molecular complexity index is 374. The van der Waals surface area contributed by atoms with Crippen molar-refractivity contribution in [2.24, 2.45) is 5.41 Å². The van der Waals surface area contributed by atoms with Gasteiger partial charge < -0.3 is 5.32 Å². The summed E-state index contributed by atoms with van der Waals surface area (Å²) in [6.07, 6.45) is 2.73. The van der Waals surface area contributed by atoms with Gasteiger partial charge in [-0.25, -0.2) is 0 Å². The van der Waals surface area contributed by atoms with E-state index in [4.69, 9.17) is 5.26 Å². The first kappa shape index (κ1) is 14.2. The Morgan fingerprint density at radius 3 is 2.65 bits per heavy atom. The standard InChI is InChI=1S/C14H22N2S/c1-4-12-6-7-13(17-12)10-16-11-14(2,3)8-5-9-15/h6-7,16H,4-5,8,10-11H2,1-3H3. The smallest absolute Gasteiger partial charge is 0.0621 e. The summed E-state index contributed by atoms with van der Waals surface area (Å²) in [5.41, 5.74) is 0.209. The molecular weight excluding hydrogens is 228 g/mol. The number of thiophene rings is 1. The summed E-state index contributed by atoms with van der Waals surface area (Å²) in [7, 11) is 0. The van der Waals surface area contributed by atoms with Gasteiger partial charge in [0.05, 0.1) is 6.07 Å². The average molecular weight is 250 g/mol. The molecule has 1 aromatic rings. The van der Waals surface area contributed by atoms with Gasteiger partial charge in [-0.15, -0.1) is 11.3 Å². The number of nitrogens with zero attached hydrogens (tertiary/aromatic N) is 1. The quantitative estimate of drug-likeness (QED) is 0.800. The highest BCUT2D eigenvalue weighted by Gasteiger charge is 2.16. The number of nitrogens with one attached hydrogen (secondary N) is 1. The van der Waals surface area contributed by atoms with Crippen molar-refractivity contribution in [1.82, 2.24) is 5.32 Å². The van der Waals surface area contributed by atoms with E-state index in [0.29, 0.717) is 6.42 Å². The zero-order valence-corrected chi connectivity index (χ0v) is 11.9. The molecule has 3 heteroatoms. The lowest BCUT2D eigenvalue weighted by molar-refractivity contribution is 0.318. The van der Waals surface area contributed by atoms with Gasteiger partial charge in [0.25, 0.3) is 0 Å². The third-order valence-electron chi connectivity index (χ3n) is 2.88. The van der Waals surface area contributed by atoms with Crippen LogP contribution in [0.25, 0.3) is 0 Å². The minimum absolute atomic E-state index is 0.209. The van der Waals surface area contributed by atoms with Crippen molar-refractivity contribution >= 4 is 11.3 Å². The molecule has 0 atom stereocenters. The normalized spacial score (nSPS) is 11.4. The lowest BCUT2D eigenvalue weighted by Crippen LogP contribution is -2.28. The molecule has 1 aromatic heterocycles. The van der Waals surface area contributed by atoms with Crippen molar-refractivity contribution < 1.29 is 0 Å². The highest BCUT2D eigenvalue weighted by atomic mass is 32.1. The zero-order valence-electron chi connectivity index (χ0n) is 11.0. The average Bonchev–Trinajstić information content (AvgIpc) is 2.74. The van der Waals surface area contributed by atoms with E-state index in [0.717, 1.165) is 25.9 Å². The largest absolute Gasteiger partial charge is 0.311 e. The van der Waals surface area contributed by atoms with Gasteiger partial charge >= 0.3 is 0 Å². The molecule has 1 N–H and O–H groups in total. The van der Waals surface area contributed by atoms with Gasteiger partial charge in [-0.2, -0.15) is 5.26 Å². The van der Waals surface area contributed by atoms with Crippen molar-refractivity contribution in [3.63, 3.8) is 0 Å². The van der Waals surface area contributed by atoms with Crippen LogP contribution in [0.2, 0.25) is 0 Å². The third kappa shape index (κ3) is 5.34. The maximum absolute atomic E-state index is 8.59. The van der Waals surface area contributed by atoms with Gasteiger partial charge in [0.15, 0.2) is 0 Å². The highest BCUT2D eigenvalue weighted by Crippen LogP contribution is 2.21. The number of aryl methyl sites for hydroxylation is 1. The molecular formula is C14H22N2S. The summed E-state index contributed by atoms with van der Waals surface area (Å²) in [4.78, 5) is 2.85. The van der Waals surface area contributed by atoms with Crippen LogP contribution in [0.15, 0.2) is 12.1 Å². The second kappa shape index (κ2) is 6.78. The molecule has 0 radical (unpaired) electrons. The van der Waals surface area contributed by atoms with E-state index in [-0.39, 0.29) is 5.41 Å². The molecule has 0 fully saturated rings. The zero-order chi connectivity index (χ0) is 12.7. The number of hydrogen-bond donors (Lipinski definition) is 1. The summed E-state index contributed by atoms with van der Waals surface area (Å²) in [5.74, 6) is 0. The van der Waals surface area contributed by atoms with E-state index in [1.54, 1.807) is 0 Å². The van der Waals surface area contributed by atoms with Crippen molar-refractivity contribution in [2.75, 3.05) is 6.54 Å². The Kier molecular flexibility index (Phi) is 5.67. The molecule has 0 spiro atoms. The molecule has 0 aromatic carbocycles. The van der Waals surface area contributed by atoms with Crippen LogP contribution in [0.1, 0.15) is 43.4 Å². The minimum Gasteiger partial charge on any atom is -0.311 e. The van der Waals surface area contributed by atoms with Gasteiger partial charge in [0.2, 0.25) is 0 Å². The van der Waals surface area contributed by atoms with E-state index in [9.17, 15) is 0 Å². The Morgan fingerprint density at radius 1 is 1.35 bits per heavy atom. The molecule has 0 aliphatic carbocycles. The lowest BCUT2D eigenvalue weighted by Gasteiger charge is -2.23. The van der Waals surface area contributed by atoms with E-state index in [1.165, 1.54) is 9.75 Å². The molecule has 17 heavy (non-hydrogen) atoms. The molecule has 0 bridgehead atoms. The molecule has 0 saturated carbocycles. The maximum Gasteiger partial charge on any atom is 0.0621 e. The maximum atomic E-state index is 8.59. The number of nitriles is 1. The van der Waals surface area contributed by atoms with Gasteiger partial charge in [-0.05, 0) is 30.4 Å². The molecule has 94 valence electrons. The van der Waals surface area contributed by atoms with Crippen molar-refractivity contribution in [1.29, 1.82) is 5.26 Å². The van der Waals surface area contributed by atoms with Crippen LogP contribution in [0.5, 0.6) is 0 Å². The van der Waals surface area contributed by atoms with Crippen LogP contribution >= 0.6 is 11.3 Å². The van der Waals surface area contributed by atoms with Crippen molar-refractivity contribution in [2.45, 2.75) is 46.6 Å². The fraction of sp³-hybridized carbons (Fsp3) is 0.643. The lowest BCUT2D eigenvalue weighted by atomic mass is 9.88. The summed E-state index contributed by atoms with van der Waals surface area (Å²) >= 11 is 1.89. The Hall–Kier alpha value is -0.850. The Balaban J connectivity index is 2.29. The van der Waals surface area contributed by atoms with E-state index in [1.807, 2.05) is 11.3 Å². The Morgan fingerprint density at radius 2 is 2.06 bits per heavy atom. The Labute approximate surface area is 109 Å². The predicted octanol–water partition coefficient (Wildman–Crippen LogP) is 3.73. The predicted molar refractivity (Wildman–Crippen MR) is 74.0 cm³/mol. The minimum atomic E-state index is 0.209. The van der Waals surface area contributed by atoms with Gasteiger partial charge in [0.1, 0.15) is 0 Å². The second-order valence-electron chi connectivity index (χ2n) is 5.15. The molecule has 0 saturated heterocycles. The fourth-order valence-electron chi connectivity index (χ4n) is 1.71. The van der Waals surface area contributed by atoms with Crippen LogP contribution in [-0.4, -0.2) is 6.54 Å². The molecule has 0 amide bonds. The monoisotopic (exact) mass is 250 g/mol. The van der Waals surface area contributed by atoms with Crippen LogP contribution in [0.4, 0.5) is 0 Å². The molecule has 1 rings (SSSR count). The number of rotatable bonds is 7. The van der Waals surface area contributed by atoms with Gasteiger partial charge in [-0.3, -0.25) is 0 Å². The van der Waals surface area contributed by atoms with Crippen LogP contribution < -0.4 is 5.32 Å². The van der Waals surface area contributed by atoms with Crippen LogP contribution in [-0.2, 0) is 13.0 Å². The first-order chi connectivity index (χ1) is 8.07. The topological polar surface area (TPSA) is 35.8 Å². The van der Waals surface area contributed by atoms with Gasteiger partial charge in [-0.1, -0.05) is 20.8 Å². The summed E-state index contributed by atoms with van der Waals surface area (Å²) in [5, 5.41) is 12.1. The van der Waals surface area contributed by atoms with Gasteiger partial charge in [0, 0.05) is 29.3 Å². The van der Waals surface area contributed by atoms with Crippen LogP contribution in [0.3, 0.4) is 0 Å². The fourth-order valence-corrected chi connectivity index (χ4v) is 2.64. The van der Waals surface area contributed by atoms with Crippen LogP contribution in [0, 0.1) is 16.7 Å². The third-order valence-corrected chi connectivity index (χ3v) is 4.11.